The monoisotopic (exact) mass is 260 g/mol. The highest BCUT2D eigenvalue weighted by atomic mass is 15.3. The van der Waals surface area contributed by atoms with Crippen LogP contribution in [0.25, 0.3) is 27.8 Å². The smallest absolute Gasteiger partial charge is 0.155 e. The van der Waals surface area contributed by atoms with Crippen molar-refractivity contribution < 1.29 is 0 Å². The summed E-state index contributed by atoms with van der Waals surface area (Å²) in [4.78, 5) is 8.84. The molecule has 0 aliphatic heterocycles. The molecule has 20 heavy (non-hydrogen) atoms. The van der Waals surface area contributed by atoms with Crippen LogP contribution in [-0.2, 0) is 0 Å². The normalized spacial score (nSPS) is 11.2. The number of fused-ring (bicyclic) bond motifs is 2. The van der Waals surface area contributed by atoms with Crippen molar-refractivity contribution in [1.29, 1.82) is 0 Å². The lowest BCUT2D eigenvalue weighted by Gasteiger charge is -2.05. The number of hydrogen-bond donors (Lipinski definition) is 0. The largest absolute Gasteiger partial charge is 0.256 e. The summed E-state index contributed by atoms with van der Waals surface area (Å²) in [6.07, 6.45) is 3.69. The van der Waals surface area contributed by atoms with E-state index in [1.807, 2.05) is 48.0 Å². The van der Waals surface area contributed by atoms with Crippen LogP contribution in [0.2, 0.25) is 0 Å². The van der Waals surface area contributed by atoms with Gasteiger partial charge < -0.3 is 0 Å². The van der Waals surface area contributed by atoms with Crippen LogP contribution in [-0.4, -0.2) is 19.6 Å². The van der Waals surface area contributed by atoms with Gasteiger partial charge in [-0.3, -0.25) is 4.98 Å². The SMILES string of the molecule is Cc1cc2nccc(-c3cnc4ccccc4c3)n2n1. The van der Waals surface area contributed by atoms with Crippen molar-refractivity contribution in [2.24, 2.45) is 0 Å². The molecule has 96 valence electrons. The second kappa shape index (κ2) is 4.13. The number of hydrogen-bond acceptors (Lipinski definition) is 3. The summed E-state index contributed by atoms with van der Waals surface area (Å²) in [5.41, 5.74) is 4.85. The average molecular weight is 260 g/mol. The van der Waals surface area contributed by atoms with E-state index in [0.717, 1.165) is 33.5 Å². The van der Waals surface area contributed by atoms with Crippen LogP contribution in [0.4, 0.5) is 0 Å². The minimum atomic E-state index is 0.855. The van der Waals surface area contributed by atoms with Crippen LogP contribution in [0.5, 0.6) is 0 Å². The summed E-state index contributed by atoms with van der Waals surface area (Å²) < 4.78 is 1.86. The van der Waals surface area contributed by atoms with E-state index in [2.05, 4.69) is 27.2 Å². The van der Waals surface area contributed by atoms with Crippen LogP contribution in [0.1, 0.15) is 5.69 Å². The molecule has 0 saturated heterocycles. The van der Waals surface area contributed by atoms with Crippen molar-refractivity contribution in [2.45, 2.75) is 6.92 Å². The molecule has 4 rings (SSSR count). The van der Waals surface area contributed by atoms with Gasteiger partial charge in [0.2, 0.25) is 0 Å². The van der Waals surface area contributed by atoms with E-state index in [1.54, 1.807) is 6.20 Å². The van der Waals surface area contributed by atoms with Gasteiger partial charge in [-0.15, -0.1) is 0 Å². The summed E-state index contributed by atoms with van der Waals surface area (Å²) in [5, 5.41) is 5.62. The van der Waals surface area contributed by atoms with Crippen LogP contribution >= 0.6 is 0 Å². The van der Waals surface area contributed by atoms with E-state index < -0.39 is 0 Å². The van der Waals surface area contributed by atoms with Crippen molar-refractivity contribution in [3.8, 4) is 11.3 Å². The fraction of sp³-hybridized carbons (Fsp3) is 0.0625. The molecule has 0 aliphatic rings. The highest BCUT2D eigenvalue weighted by Crippen LogP contribution is 2.22. The van der Waals surface area contributed by atoms with Gasteiger partial charge in [0.15, 0.2) is 5.65 Å². The quantitative estimate of drug-likeness (QED) is 0.527. The predicted molar refractivity (Wildman–Crippen MR) is 78.5 cm³/mol. The number of para-hydroxylation sites is 1. The van der Waals surface area contributed by atoms with E-state index in [0.29, 0.717) is 0 Å². The molecule has 3 heterocycles. The summed E-state index contributed by atoms with van der Waals surface area (Å²) in [6, 6.07) is 14.2. The fourth-order valence-corrected chi connectivity index (χ4v) is 2.44. The Kier molecular flexibility index (Phi) is 2.29. The Labute approximate surface area is 115 Å². The number of pyridine rings is 1. The van der Waals surface area contributed by atoms with Gasteiger partial charge in [-0.1, -0.05) is 18.2 Å². The summed E-state index contributed by atoms with van der Waals surface area (Å²) in [5.74, 6) is 0. The van der Waals surface area contributed by atoms with Crippen molar-refractivity contribution in [3.05, 3.63) is 60.6 Å². The van der Waals surface area contributed by atoms with Crippen molar-refractivity contribution in [2.75, 3.05) is 0 Å². The number of nitrogens with zero attached hydrogens (tertiary/aromatic N) is 4. The van der Waals surface area contributed by atoms with Crippen LogP contribution in [0, 0.1) is 6.92 Å². The molecular formula is C16H12N4. The van der Waals surface area contributed by atoms with E-state index in [4.69, 9.17) is 0 Å². The van der Waals surface area contributed by atoms with Crippen LogP contribution in [0.3, 0.4) is 0 Å². The molecule has 0 amide bonds. The van der Waals surface area contributed by atoms with Gasteiger partial charge in [-0.2, -0.15) is 5.10 Å². The predicted octanol–water partition coefficient (Wildman–Crippen LogP) is 3.25. The van der Waals surface area contributed by atoms with Gasteiger partial charge in [-0.05, 0) is 25.1 Å². The number of aromatic nitrogens is 4. The van der Waals surface area contributed by atoms with E-state index in [9.17, 15) is 0 Å². The van der Waals surface area contributed by atoms with E-state index in [-0.39, 0.29) is 0 Å². The molecule has 0 aliphatic carbocycles. The fourth-order valence-electron chi connectivity index (χ4n) is 2.44. The topological polar surface area (TPSA) is 43.1 Å². The molecule has 0 fully saturated rings. The average Bonchev–Trinajstić information content (AvgIpc) is 2.86. The van der Waals surface area contributed by atoms with Crippen LogP contribution < -0.4 is 0 Å². The lowest BCUT2D eigenvalue weighted by molar-refractivity contribution is 0.924. The standard InChI is InChI=1S/C16H12N4/c1-11-8-16-17-7-6-15(20(16)19-11)13-9-12-4-2-3-5-14(12)18-10-13/h2-10H,1H3. The van der Waals surface area contributed by atoms with Crippen molar-refractivity contribution in [1.82, 2.24) is 19.6 Å². The highest BCUT2D eigenvalue weighted by Gasteiger charge is 2.07. The van der Waals surface area contributed by atoms with Crippen LogP contribution in [0.15, 0.2) is 54.9 Å². The molecule has 4 aromatic rings. The van der Waals surface area contributed by atoms with Crippen molar-refractivity contribution in [3.63, 3.8) is 0 Å². The molecule has 0 N–H and O–H groups in total. The first-order chi connectivity index (χ1) is 9.81. The molecular weight excluding hydrogens is 248 g/mol. The van der Waals surface area contributed by atoms with E-state index >= 15 is 0 Å². The molecule has 4 heteroatoms. The van der Waals surface area contributed by atoms with Gasteiger partial charge in [0.25, 0.3) is 0 Å². The Bertz CT molecular complexity index is 924. The Morgan fingerprint density at radius 2 is 1.90 bits per heavy atom. The maximum Gasteiger partial charge on any atom is 0.155 e. The third kappa shape index (κ3) is 1.66. The molecule has 1 aromatic carbocycles. The van der Waals surface area contributed by atoms with Gasteiger partial charge in [0.1, 0.15) is 0 Å². The zero-order valence-electron chi connectivity index (χ0n) is 11.0. The maximum absolute atomic E-state index is 4.51. The Balaban J connectivity index is 2.00. The number of aryl methyl sites for hydroxylation is 1. The maximum atomic E-state index is 4.51. The first-order valence-corrected chi connectivity index (χ1v) is 6.48. The zero-order chi connectivity index (χ0) is 13.5. The molecule has 0 radical (unpaired) electrons. The minimum Gasteiger partial charge on any atom is -0.256 e. The molecule has 3 aromatic heterocycles. The molecule has 0 atom stereocenters. The second-order valence-electron chi connectivity index (χ2n) is 4.80. The third-order valence-electron chi connectivity index (χ3n) is 3.37. The first-order valence-electron chi connectivity index (χ1n) is 6.48. The highest BCUT2D eigenvalue weighted by molar-refractivity contribution is 5.83. The Morgan fingerprint density at radius 1 is 1.00 bits per heavy atom. The second-order valence-corrected chi connectivity index (χ2v) is 4.80. The van der Waals surface area contributed by atoms with E-state index in [1.165, 1.54) is 0 Å². The Hall–Kier alpha value is -2.75. The lowest BCUT2D eigenvalue weighted by atomic mass is 10.1. The molecule has 4 nitrogen and oxygen atoms in total. The summed E-state index contributed by atoms with van der Waals surface area (Å²) in [7, 11) is 0. The molecule has 0 bridgehead atoms. The molecule has 0 saturated carbocycles. The van der Waals surface area contributed by atoms with Gasteiger partial charge in [0, 0.05) is 29.4 Å². The first kappa shape index (κ1) is 11.1. The van der Waals surface area contributed by atoms with Gasteiger partial charge in [0.05, 0.1) is 16.9 Å². The van der Waals surface area contributed by atoms with Crippen molar-refractivity contribution >= 4 is 16.6 Å². The number of rotatable bonds is 1. The number of benzene rings is 1. The zero-order valence-corrected chi connectivity index (χ0v) is 11.0. The lowest BCUT2D eigenvalue weighted by Crippen LogP contribution is -1.96. The summed E-state index contributed by atoms with van der Waals surface area (Å²) in [6.45, 7) is 1.97. The van der Waals surface area contributed by atoms with Gasteiger partial charge in [-0.25, -0.2) is 9.50 Å². The molecule has 0 unspecified atom stereocenters. The summed E-state index contributed by atoms with van der Waals surface area (Å²) >= 11 is 0. The molecule has 0 spiro atoms. The third-order valence-corrected chi connectivity index (χ3v) is 3.37. The Morgan fingerprint density at radius 3 is 2.85 bits per heavy atom. The van der Waals surface area contributed by atoms with Gasteiger partial charge >= 0.3 is 0 Å². The minimum absolute atomic E-state index is 0.855.